The Morgan fingerprint density at radius 3 is 2.59 bits per heavy atom. The number of hydrogen-bond donors (Lipinski definition) is 1. The van der Waals surface area contributed by atoms with Crippen molar-refractivity contribution in [2.24, 2.45) is 0 Å². The first-order chi connectivity index (χ1) is 13.0. The van der Waals surface area contributed by atoms with Crippen molar-refractivity contribution in [3.05, 3.63) is 48.0 Å². The summed E-state index contributed by atoms with van der Waals surface area (Å²) < 4.78 is 39.5. The second-order valence-corrected chi connectivity index (χ2v) is 6.57. The van der Waals surface area contributed by atoms with E-state index in [0.717, 1.165) is 26.1 Å². The van der Waals surface area contributed by atoms with Crippen LogP contribution in [0.3, 0.4) is 0 Å². The van der Waals surface area contributed by atoms with Gasteiger partial charge < -0.3 is 9.88 Å². The number of anilines is 1. The van der Waals surface area contributed by atoms with E-state index in [0.29, 0.717) is 18.6 Å². The number of alkyl halides is 3. The molecular weight excluding hydrogens is 357 g/mol. The van der Waals surface area contributed by atoms with Crippen LogP contribution in [-0.2, 0) is 12.7 Å². The van der Waals surface area contributed by atoms with Gasteiger partial charge in [0.25, 0.3) is 0 Å². The van der Waals surface area contributed by atoms with Crippen LogP contribution in [0.1, 0.15) is 17.8 Å². The second kappa shape index (κ2) is 7.15. The zero-order valence-corrected chi connectivity index (χ0v) is 14.6. The molecule has 3 heterocycles. The fraction of sp³-hybridized carbons (Fsp3) is 0.389. The molecule has 0 amide bonds. The molecule has 0 radical (unpaired) electrons. The average molecular weight is 376 g/mol. The minimum absolute atomic E-state index is 0.0395. The number of nitrogens with one attached hydrogen (secondary N) is 1. The van der Waals surface area contributed by atoms with Crippen molar-refractivity contribution in [2.45, 2.75) is 19.1 Å². The predicted molar refractivity (Wildman–Crippen MR) is 95.2 cm³/mol. The summed E-state index contributed by atoms with van der Waals surface area (Å²) in [5, 5.41) is 0. The van der Waals surface area contributed by atoms with Crippen LogP contribution < -0.4 is 4.90 Å². The van der Waals surface area contributed by atoms with Gasteiger partial charge in [0.2, 0.25) is 5.82 Å². The third-order valence-corrected chi connectivity index (χ3v) is 4.66. The smallest absolute Gasteiger partial charge is 0.353 e. The first-order valence-electron chi connectivity index (χ1n) is 8.80. The van der Waals surface area contributed by atoms with Gasteiger partial charge in [0.15, 0.2) is 11.5 Å². The van der Waals surface area contributed by atoms with Gasteiger partial charge in [-0.1, -0.05) is 30.3 Å². The molecule has 0 atom stereocenters. The van der Waals surface area contributed by atoms with Crippen molar-refractivity contribution in [1.29, 1.82) is 0 Å². The van der Waals surface area contributed by atoms with Gasteiger partial charge in [0.05, 0.1) is 6.33 Å². The molecule has 0 spiro atoms. The van der Waals surface area contributed by atoms with Crippen LogP contribution >= 0.6 is 0 Å². The van der Waals surface area contributed by atoms with Crippen molar-refractivity contribution >= 4 is 17.0 Å². The number of aromatic amines is 1. The largest absolute Gasteiger partial charge is 0.451 e. The highest BCUT2D eigenvalue weighted by Gasteiger charge is 2.36. The zero-order chi connectivity index (χ0) is 18.9. The average Bonchev–Trinajstić information content (AvgIpc) is 3.01. The topological polar surface area (TPSA) is 60.9 Å². The number of halogens is 3. The number of H-pyrrole nitrogens is 1. The molecule has 27 heavy (non-hydrogen) atoms. The summed E-state index contributed by atoms with van der Waals surface area (Å²) in [5.74, 6) is -0.881. The third kappa shape index (κ3) is 3.87. The molecule has 1 fully saturated rings. The number of imidazole rings is 1. The maximum Gasteiger partial charge on any atom is 0.451 e. The van der Waals surface area contributed by atoms with Gasteiger partial charge in [-0.25, -0.2) is 15.0 Å². The first-order valence-corrected chi connectivity index (χ1v) is 8.80. The van der Waals surface area contributed by atoms with Gasteiger partial charge in [-0.15, -0.1) is 0 Å². The summed E-state index contributed by atoms with van der Waals surface area (Å²) in [6.45, 7) is 3.68. The Bertz CT molecular complexity index is 908. The Hall–Kier alpha value is -2.68. The highest BCUT2D eigenvalue weighted by molar-refractivity contribution is 5.83. The van der Waals surface area contributed by atoms with E-state index in [-0.39, 0.29) is 11.5 Å². The van der Waals surface area contributed by atoms with Crippen LogP contribution in [0.25, 0.3) is 11.2 Å². The SMILES string of the molecule is FC(F)(F)c1nc(N2CCCN(Cc3ccccc3)CC2)c2[nH]cnc2n1. The van der Waals surface area contributed by atoms with Gasteiger partial charge in [-0.05, 0) is 12.0 Å². The van der Waals surface area contributed by atoms with Crippen LogP contribution in [0, 0.1) is 0 Å². The fourth-order valence-electron chi connectivity index (χ4n) is 3.36. The van der Waals surface area contributed by atoms with Gasteiger partial charge in [-0.2, -0.15) is 13.2 Å². The number of fused-ring (bicyclic) bond motifs is 1. The van der Waals surface area contributed by atoms with E-state index in [1.807, 2.05) is 23.1 Å². The highest BCUT2D eigenvalue weighted by Crippen LogP contribution is 2.31. The molecule has 6 nitrogen and oxygen atoms in total. The molecule has 142 valence electrons. The number of nitrogens with zero attached hydrogens (tertiary/aromatic N) is 5. The van der Waals surface area contributed by atoms with Gasteiger partial charge in [-0.3, -0.25) is 4.90 Å². The van der Waals surface area contributed by atoms with E-state index in [4.69, 9.17) is 0 Å². The lowest BCUT2D eigenvalue weighted by Crippen LogP contribution is -2.31. The van der Waals surface area contributed by atoms with Crippen LogP contribution in [0.4, 0.5) is 19.0 Å². The molecule has 3 aromatic rings. The van der Waals surface area contributed by atoms with Gasteiger partial charge in [0.1, 0.15) is 5.52 Å². The summed E-state index contributed by atoms with van der Waals surface area (Å²) in [6.07, 6.45) is -2.41. The fourth-order valence-corrected chi connectivity index (χ4v) is 3.36. The van der Waals surface area contributed by atoms with Crippen molar-refractivity contribution in [2.75, 3.05) is 31.1 Å². The van der Waals surface area contributed by atoms with Crippen molar-refractivity contribution in [3.8, 4) is 0 Å². The van der Waals surface area contributed by atoms with Gasteiger partial charge >= 0.3 is 6.18 Å². The molecule has 0 unspecified atom stereocenters. The molecule has 0 aliphatic carbocycles. The summed E-state index contributed by atoms with van der Waals surface area (Å²) >= 11 is 0. The van der Waals surface area contributed by atoms with E-state index in [9.17, 15) is 13.2 Å². The monoisotopic (exact) mass is 376 g/mol. The van der Waals surface area contributed by atoms with E-state index in [2.05, 4.69) is 37.0 Å². The first kappa shape index (κ1) is 17.7. The van der Waals surface area contributed by atoms with E-state index >= 15 is 0 Å². The summed E-state index contributed by atoms with van der Waals surface area (Å²) in [7, 11) is 0. The molecule has 9 heteroatoms. The molecule has 1 saturated heterocycles. The molecule has 1 aliphatic heterocycles. The summed E-state index contributed by atoms with van der Waals surface area (Å²) in [4.78, 5) is 18.3. The highest BCUT2D eigenvalue weighted by atomic mass is 19.4. The number of rotatable bonds is 3. The quantitative estimate of drug-likeness (QED) is 0.761. The molecular formula is C18H19F3N6. The lowest BCUT2D eigenvalue weighted by atomic mass is 10.2. The minimum atomic E-state index is -4.60. The molecule has 0 bridgehead atoms. The molecule has 2 aromatic heterocycles. The lowest BCUT2D eigenvalue weighted by Gasteiger charge is -2.23. The van der Waals surface area contributed by atoms with E-state index in [1.165, 1.54) is 11.9 Å². The maximum absolute atomic E-state index is 13.2. The normalized spacial score (nSPS) is 16.6. The second-order valence-electron chi connectivity index (χ2n) is 6.57. The van der Waals surface area contributed by atoms with Crippen LogP contribution in [-0.4, -0.2) is 51.0 Å². The van der Waals surface area contributed by atoms with Gasteiger partial charge in [0, 0.05) is 32.7 Å². The number of benzene rings is 1. The Balaban J connectivity index is 1.56. The van der Waals surface area contributed by atoms with E-state index < -0.39 is 12.0 Å². The number of hydrogen-bond acceptors (Lipinski definition) is 5. The summed E-state index contributed by atoms with van der Waals surface area (Å²) in [5.41, 5.74) is 1.71. The van der Waals surface area contributed by atoms with E-state index in [1.54, 1.807) is 0 Å². The minimum Gasteiger partial charge on any atom is -0.353 e. The van der Waals surface area contributed by atoms with Crippen molar-refractivity contribution in [1.82, 2.24) is 24.8 Å². The Labute approximate surface area is 154 Å². The lowest BCUT2D eigenvalue weighted by molar-refractivity contribution is -0.144. The molecule has 1 N–H and O–H groups in total. The molecule has 0 saturated carbocycles. The van der Waals surface area contributed by atoms with Crippen LogP contribution in [0.2, 0.25) is 0 Å². The standard InChI is InChI=1S/C18H19F3N6/c19-18(20,21)17-24-15-14(22-12-23-15)16(25-17)27-8-4-7-26(9-10-27)11-13-5-2-1-3-6-13/h1-3,5-6,12H,4,7-11H2,(H,22,23,24,25). The number of aromatic nitrogens is 4. The molecule has 1 aliphatic rings. The molecule has 4 rings (SSSR count). The molecule has 1 aromatic carbocycles. The van der Waals surface area contributed by atoms with Crippen molar-refractivity contribution < 1.29 is 13.2 Å². The van der Waals surface area contributed by atoms with Crippen LogP contribution in [0.15, 0.2) is 36.7 Å². The summed E-state index contributed by atoms with van der Waals surface area (Å²) in [6, 6.07) is 10.2. The zero-order valence-electron chi connectivity index (χ0n) is 14.6. The Morgan fingerprint density at radius 2 is 1.81 bits per heavy atom. The Morgan fingerprint density at radius 1 is 1.00 bits per heavy atom. The van der Waals surface area contributed by atoms with Crippen LogP contribution in [0.5, 0.6) is 0 Å². The maximum atomic E-state index is 13.2. The van der Waals surface area contributed by atoms with Crippen molar-refractivity contribution in [3.63, 3.8) is 0 Å². The third-order valence-electron chi connectivity index (χ3n) is 4.66. The predicted octanol–water partition coefficient (Wildman–Crippen LogP) is 3.08. The Kier molecular flexibility index (Phi) is 4.69.